The lowest BCUT2D eigenvalue weighted by atomic mass is 9.74. The van der Waals surface area contributed by atoms with Gasteiger partial charge in [0.25, 0.3) is 0 Å². The first-order chi connectivity index (χ1) is 6.63. The van der Waals surface area contributed by atoms with Gasteiger partial charge in [-0.3, -0.25) is 4.79 Å². The fourth-order valence-electron chi connectivity index (χ4n) is 2.66. The lowest BCUT2D eigenvalue weighted by Gasteiger charge is -2.30. The molecule has 0 N–H and O–H groups in total. The lowest BCUT2D eigenvalue weighted by molar-refractivity contribution is -0.124. The first kappa shape index (κ1) is 12.0. The quantitative estimate of drug-likeness (QED) is 0.656. The Bertz CT molecular complexity index is 181. The predicted octanol–water partition coefficient (Wildman–Crippen LogP) is 3.65. The van der Waals surface area contributed by atoms with Gasteiger partial charge in [0.2, 0.25) is 0 Å². The summed E-state index contributed by atoms with van der Waals surface area (Å²) in [5.41, 5.74) is 0. The normalized spacial score (nSPS) is 32.9. The third kappa shape index (κ3) is 3.61. The van der Waals surface area contributed by atoms with Crippen LogP contribution in [0.5, 0.6) is 0 Å². The number of ketones is 1. The summed E-state index contributed by atoms with van der Waals surface area (Å²) in [6.45, 7) is 4.52. The van der Waals surface area contributed by atoms with Crippen molar-refractivity contribution < 1.29 is 4.79 Å². The molecule has 0 aliphatic heterocycles. The largest absolute Gasteiger partial charge is 0.299 e. The number of Topliss-reactive ketones (excluding diaryl/α,β-unsaturated/α-hetero) is 1. The number of alkyl halides is 1. The second-order valence-electron chi connectivity index (χ2n) is 4.87. The topological polar surface area (TPSA) is 17.1 Å². The molecule has 1 nitrogen and oxygen atoms in total. The van der Waals surface area contributed by atoms with Crippen molar-refractivity contribution in [3.05, 3.63) is 0 Å². The highest BCUT2D eigenvalue weighted by Gasteiger charge is 2.28. The van der Waals surface area contributed by atoms with Crippen LogP contribution in [-0.2, 0) is 4.79 Å². The molecule has 1 rings (SSSR count). The molecule has 0 aromatic heterocycles. The van der Waals surface area contributed by atoms with E-state index in [2.05, 4.69) is 13.8 Å². The van der Waals surface area contributed by atoms with E-state index in [1.807, 2.05) is 0 Å². The second-order valence-corrected chi connectivity index (χ2v) is 5.25. The molecule has 0 radical (unpaired) electrons. The molecule has 2 atom stereocenters. The molecule has 0 amide bonds. The molecular weight excluding hydrogens is 196 g/mol. The number of hydrogen-bond acceptors (Lipinski definition) is 1. The Morgan fingerprint density at radius 3 is 2.29 bits per heavy atom. The molecule has 0 saturated heterocycles. The Kier molecular flexibility index (Phi) is 4.94. The van der Waals surface area contributed by atoms with E-state index < -0.39 is 0 Å². The van der Waals surface area contributed by atoms with Crippen molar-refractivity contribution in [3.63, 3.8) is 0 Å². The lowest BCUT2D eigenvalue weighted by Crippen LogP contribution is -2.25. The number of carbonyl (C=O) groups excluding carboxylic acids is 1. The molecule has 0 bridgehead atoms. The third-order valence-electron chi connectivity index (χ3n) is 3.19. The van der Waals surface area contributed by atoms with E-state index in [1.54, 1.807) is 0 Å². The summed E-state index contributed by atoms with van der Waals surface area (Å²) in [5, 5.41) is 0. The van der Waals surface area contributed by atoms with Gasteiger partial charge in [-0.2, -0.15) is 0 Å². The van der Waals surface area contributed by atoms with Crippen molar-refractivity contribution in [1.29, 1.82) is 0 Å². The molecule has 2 unspecified atom stereocenters. The molecular formula is C12H21ClO. The van der Waals surface area contributed by atoms with Gasteiger partial charge in [-0.1, -0.05) is 13.8 Å². The Balaban J connectivity index is 2.38. The molecule has 1 fully saturated rings. The summed E-state index contributed by atoms with van der Waals surface area (Å²) >= 11 is 5.59. The van der Waals surface area contributed by atoms with Crippen molar-refractivity contribution in [2.45, 2.75) is 46.0 Å². The minimum absolute atomic E-state index is 0.331. The molecule has 2 heteroatoms. The van der Waals surface area contributed by atoms with Gasteiger partial charge in [-0.05, 0) is 37.5 Å². The van der Waals surface area contributed by atoms with Crippen molar-refractivity contribution in [1.82, 2.24) is 0 Å². The predicted molar refractivity (Wildman–Crippen MR) is 60.6 cm³/mol. The van der Waals surface area contributed by atoms with Crippen LogP contribution in [0.3, 0.4) is 0 Å². The smallest absolute Gasteiger partial charge is 0.136 e. The van der Waals surface area contributed by atoms with Crippen LogP contribution in [0.1, 0.15) is 46.0 Å². The van der Waals surface area contributed by atoms with E-state index in [0.29, 0.717) is 24.0 Å². The molecule has 1 aliphatic carbocycles. The SMILES string of the molecule is CC1CC(C)CC(C(=O)CCCCl)C1. The zero-order valence-electron chi connectivity index (χ0n) is 9.26. The fraction of sp³-hybridized carbons (Fsp3) is 0.917. The first-order valence-corrected chi connectivity index (χ1v) is 6.25. The second kappa shape index (κ2) is 5.75. The Labute approximate surface area is 92.2 Å². The maximum absolute atomic E-state index is 11.8. The van der Waals surface area contributed by atoms with Gasteiger partial charge >= 0.3 is 0 Å². The van der Waals surface area contributed by atoms with E-state index in [-0.39, 0.29) is 0 Å². The van der Waals surface area contributed by atoms with Gasteiger partial charge in [-0.25, -0.2) is 0 Å². The molecule has 1 saturated carbocycles. The van der Waals surface area contributed by atoms with Crippen LogP contribution in [0, 0.1) is 17.8 Å². The van der Waals surface area contributed by atoms with E-state index >= 15 is 0 Å². The van der Waals surface area contributed by atoms with Gasteiger partial charge in [0.1, 0.15) is 5.78 Å². The number of rotatable bonds is 4. The Morgan fingerprint density at radius 1 is 1.21 bits per heavy atom. The zero-order valence-corrected chi connectivity index (χ0v) is 10.0. The van der Waals surface area contributed by atoms with Crippen LogP contribution in [0.4, 0.5) is 0 Å². The summed E-state index contributed by atoms with van der Waals surface area (Å²) in [7, 11) is 0. The molecule has 82 valence electrons. The Morgan fingerprint density at radius 2 is 1.79 bits per heavy atom. The van der Waals surface area contributed by atoms with Crippen molar-refractivity contribution >= 4 is 17.4 Å². The first-order valence-electron chi connectivity index (χ1n) is 5.72. The molecule has 0 spiro atoms. The average Bonchev–Trinajstić information content (AvgIpc) is 2.12. The maximum atomic E-state index is 11.8. The highest BCUT2D eigenvalue weighted by Crippen LogP contribution is 2.33. The summed E-state index contributed by atoms with van der Waals surface area (Å²) in [4.78, 5) is 11.8. The van der Waals surface area contributed by atoms with Gasteiger partial charge < -0.3 is 0 Å². The summed E-state index contributed by atoms with van der Waals surface area (Å²) < 4.78 is 0. The minimum Gasteiger partial charge on any atom is -0.299 e. The van der Waals surface area contributed by atoms with Crippen molar-refractivity contribution in [2.75, 3.05) is 5.88 Å². The van der Waals surface area contributed by atoms with Gasteiger partial charge in [0.05, 0.1) is 0 Å². The maximum Gasteiger partial charge on any atom is 0.136 e. The van der Waals surface area contributed by atoms with Crippen LogP contribution >= 0.6 is 11.6 Å². The van der Waals surface area contributed by atoms with Crippen LogP contribution in [-0.4, -0.2) is 11.7 Å². The minimum atomic E-state index is 0.331. The Hall–Kier alpha value is -0.0400. The monoisotopic (exact) mass is 216 g/mol. The van der Waals surface area contributed by atoms with Gasteiger partial charge in [0.15, 0.2) is 0 Å². The third-order valence-corrected chi connectivity index (χ3v) is 3.46. The van der Waals surface area contributed by atoms with E-state index in [1.165, 1.54) is 6.42 Å². The number of halogens is 1. The molecule has 14 heavy (non-hydrogen) atoms. The van der Waals surface area contributed by atoms with Crippen LogP contribution < -0.4 is 0 Å². The van der Waals surface area contributed by atoms with Crippen LogP contribution in [0.25, 0.3) is 0 Å². The molecule has 0 heterocycles. The summed E-state index contributed by atoms with van der Waals surface area (Å²) in [5.74, 6) is 2.84. The van der Waals surface area contributed by atoms with Crippen molar-refractivity contribution in [2.24, 2.45) is 17.8 Å². The van der Waals surface area contributed by atoms with E-state index in [0.717, 1.165) is 31.1 Å². The van der Waals surface area contributed by atoms with E-state index in [4.69, 9.17) is 11.6 Å². The number of carbonyl (C=O) groups is 1. The zero-order chi connectivity index (χ0) is 10.6. The highest BCUT2D eigenvalue weighted by molar-refractivity contribution is 6.17. The number of hydrogen-bond donors (Lipinski definition) is 0. The van der Waals surface area contributed by atoms with Crippen molar-refractivity contribution in [3.8, 4) is 0 Å². The van der Waals surface area contributed by atoms with Gasteiger partial charge in [0, 0.05) is 18.2 Å². The van der Waals surface area contributed by atoms with E-state index in [9.17, 15) is 4.79 Å². The average molecular weight is 217 g/mol. The molecule has 0 aromatic carbocycles. The molecule has 0 aromatic rings. The van der Waals surface area contributed by atoms with Crippen LogP contribution in [0.2, 0.25) is 0 Å². The fourth-order valence-corrected chi connectivity index (χ4v) is 2.79. The highest BCUT2D eigenvalue weighted by atomic mass is 35.5. The summed E-state index contributed by atoms with van der Waals surface area (Å²) in [6.07, 6.45) is 5.03. The van der Waals surface area contributed by atoms with Crippen LogP contribution in [0.15, 0.2) is 0 Å². The molecule has 1 aliphatic rings. The summed E-state index contributed by atoms with van der Waals surface area (Å²) in [6, 6.07) is 0. The standard InChI is InChI=1S/C12H21ClO/c1-9-6-10(2)8-11(7-9)12(14)4-3-5-13/h9-11H,3-8H2,1-2H3. The van der Waals surface area contributed by atoms with Gasteiger partial charge in [-0.15, -0.1) is 11.6 Å².